The standard InChI is InChI=1S/C16H22N4O3S/c1-18-15(14-9-6-10-19(12-14)24(2,22)23)17-20(16(18)21)11-13-7-4-3-5-8-13/h3-5,7-8,14H,6,9-12H2,1-2H3. The smallest absolute Gasteiger partial charge is 0.282 e. The van der Waals surface area contributed by atoms with Gasteiger partial charge >= 0.3 is 5.69 Å². The molecule has 8 heteroatoms. The first-order valence-corrected chi connectivity index (χ1v) is 9.84. The number of nitrogens with zero attached hydrogens (tertiary/aromatic N) is 4. The van der Waals surface area contributed by atoms with Crippen LogP contribution in [0.5, 0.6) is 0 Å². The Hall–Kier alpha value is -1.93. The first-order valence-electron chi connectivity index (χ1n) is 7.99. The monoisotopic (exact) mass is 350 g/mol. The zero-order valence-corrected chi connectivity index (χ0v) is 14.7. The van der Waals surface area contributed by atoms with Crippen LogP contribution in [0.2, 0.25) is 0 Å². The molecule has 1 fully saturated rings. The van der Waals surface area contributed by atoms with E-state index in [1.54, 1.807) is 11.6 Å². The number of rotatable bonds is 4. The van der Waals surface area contributed by atoms with E-state index in [9.17, 15) is 13.2 Å². The lowest BCUT2D eigenvalue weighted by Gasteiger charge is -2.30. The molecule has 2 aromatic rings. The van der Waals surface area contributed by atoms with E-state index in [4.69, 9.17) is 0 Å². The summed E-state index contributed by atoms with van der Waals surface area (Å²) in [7, 11) is -1.52. The maximum atomic E-state index is 12.4. The van der Waals surface area contributed by atoms with Gasteiger partial charge in [-0.05, 0) is 18.4 Å². The van der Waals surface area contributed by atoms with Gasteiger partial charge < -0.3 is 0 Å². The van der Waals surface area contributed by atoms with Crippen LogP contribution in [0.3, 0.4) is 0 Å². The van der Waals surface area contributed by atoms with Gasteiger partial charge in [-0.15, -0.1) is 0 Å². The molecule has 0 N–H and O–H groups in total. The molecule has 0 amide bonds. The first kappa shape index (κ1) is 16.9. The van der Waals surface area contributed by atoms with Gasteiger partial charge in [-0.25, -0.2) is 22.2 Å². The summed E-state index contributed by atoms with van der Waals surface area (Å²) in [5, 5.41) is 4.49. The summed E-state index contributed by atoms with van der Waals surface area (Å²) in [6, 6.07) is 9.68. The number of sulfonamides is 1. The molecule has 0 saturated carbocycles. The Morgan fingerprint density at radius 2 is 1.96 bits per heavy atom. The number of piperidine rings is 1. The normalized spacial score (nSPS) is 19.5. The van der Waals surface area contributed by atoms with Gasteiger partial charge in [-0.3, -0.25) is 4.57 Å². The molecule has 1 aromatic heterocycles. The molecular formula is C16H22N4O3S. The Bertz CT molecular complexity index is 870. The summed E-state index contributed by atoms with van der Waals surface area (Å²) in [5.41, 5.74) is 0.830. The highest BCUT2D eigenvalue weighted by molar-refractivity contribution is 7.88. The van der Waals surface area contributed by atoms with E-state index < -0.39 is 10.0 Å². The molecule has 24 heavy (non-hydrogen) atoms. The van der Waals surface area contributed by atoms with Crippen LogP contribution in [0.1, 0.15) is 30.1 Å². The molecule has 1 atom stereocenters. The minimum absolute atomic E-state index is 0.0526. The van der Waals surface area contributed by atoms with E-state index in [0.717, 1.165) is 18.4 Å². The highest BCUT2D eigenvalue weighted by atomic mass is 32.2. The molecule has 0 radical (unpaired) electrons. The Labute approximate surface area is 141 Å². The molecular weight excluding hydrogens is 328 g/mol. The van der Waals surface area contributed by atoms with E-state index in [2.05, 4.69) is 5.10 Å². The molecule has 0 bridgehead atoms. The topological polar surface area (TPSA) is 77.2 Å². The second kappa shape index (κ2) is 6.52. The minimum atomic E-state index is -3.22. The summed E-state index contributed by atoms with van der Waals surface area (Å²) in [6.45, 7) is 1.33. The van der Waals surface area contributed by atoms with Crippen LogP contribution in [0, 0.1) is 0 Å². The van der Waals surface area contributed by atoms with E-state index >= 15 is 0 Å². The minimum Gasteiger partial charge on any atom is -0.282 e. The highest BCUT2D eigenvalue weighted by Crippen LogP contribution is 2.26. The fourth-order valence-electron chi connectivity index (χ4n) is 3.17. The average molecular weight is 350 g/mol. The third kappa shape index (κ3) is 3.44. The molecule has 130 valence electrons. The lowest BCUT2D eigenvalue weighted by Crippen LogP contribution is -2.39. The number of hydrogen-bond acceptors (Lipinski definition) is 4. The van der Waals surface area contributed by atoms with Crippen molar-refractivity contribution in [2.24, 2.45) is 7.05 Å². The van der Waals surface area contributed by atoms with E-state index in [-0.39, 0.29) is 11.6 Å². The summed E-state index contributed by atoms with van der Waals surface area (Å²) in [5.74, 6) is 0.604. The van der Waals surface area contributed by atoms with Gasteiger partial charge in [0.05, 0.1) is 12.8 Å². The zero-order chi connectivity index (χ0) is 17.3. The van der Waals surface area contributed by atoms with Crippen molar-refractivity contribution in [3.05, 3.63) is 52.2 Å². The maximum absolute atomic E-state index is 12.4. The lowest BCUT2D eigenvalue weighted by atomic mass is 9.99. The Morgan fingerprint density at radius 3 is 2.62 bits per heavy atom. The van der Waals surface area contributed by atoms with Crippen molar-refractivity contribution in [3.63, 3.8) is 0 Å². The third-order valence-electron chi connectivity index (χ3n) is 4.47. The summed E-state index contributed by atoms with van der Waals surface area (Å²) in [6.07, 6.45) is 2.83. The van der Waals surface area contributed by atoms with Crippen molar-refractivity contribution in [1.29, 1.82) is 0 Å². The van der Waals surface area contributed by atoms with Crippen LogP contribution in [0.4, 0.5) is 0 Å². The predicted molar refractivity (Wildman–Crippen MR) is 91.4 cm³/mol. The molecule has 1 aliphatic heterocycles. The fraction of sp³-hybridized carbons (Fsp3) is 0.500. The van der Waals surface area contributed by atoms with Crippen LogP contribution < -0.4 is 5.69 Å². The zero-order valence-electron chi connectivity index (χ0n) is 13.9. The number of hydrogen-bond donors (Lipinski definition) is 0. The van der Waals surface area contributed by atoms with Crippen molar-refractivity contribution in [2.45, 2.75) is 25.3 Å². The van der Waals surface area contributed by atoms with Gasteiger partial charge in [0, 0.05) is 26.1 Å². The summed E-state index contributed by atoms with van der Waals surface area (Å²) >= 11 is 0. The van der Waals surface area contributed by atoms with Crippen LogP contribution in [0.15, 0.2) is 35.1 Å². The lowest BCUT2D eigenvalue weighted by molar-refractivity contribution is 0.307. The molecule has 3 rings (SSSR count). The molecule has 1 aromatic carbocycles. The Balaban J connectivity index is 1.87. The van der Waals surface area contributed by atoms with Gasteiger partial charge in [-0.1, -0.05) is 30.3 Å². The van der Waals surface area contributed by atoms with Crippen LogP contribution in [0.25, 0.3) is 0 Å². The van der Waals surface area contributed by atoms with Crippen molar-refractivity contribution in [3.8, 4) is 0 Å². The van der Waals surface area contributed by atoms with Crippen molar-refractivity contribution in [2.75, 3.05) is 19.3 Å². The third-order valence-corrected chi connectivity index (χ3v) is 5.74. The van der Waals surface area contributed by atoms with Crippen molar-refractivity contribution >= 4 is 10.0 Å². The van der Waals surface area contributed by atoms with Gasteiger partial charge in [0.2, 0.25) is 10.0 Å². The summed E-state index contributed by atoms with van der Waals surface area (Å²) < 4.78 is 28.1. The van der Waals surface area contributed by atoms with Gasteiger partial charge in [0.25, 0.3) is 0 Å². The Morgan fingerprint density at radius 1 is 1.25 bits per heavy atom. The SMILES string of the molecule is Cn1c(C2CCCN(S(C)(=O)=O)C2)nn(Cc2ccccc2)c1=O. The molecule has 7 nitrogen and oxygen atoms in total. The molecule has 1 saturated heterocycles. The predicted octanol–water partition coefficient (Wildman–Crippen LogP) is 0.769. The Kier molecular flexibility index (Phi) is 4.60. The van der Waals surface area contributed by atoms with Crippen LogP contribution in [-0.4, -0.2) is 46.4 Å². The molecule has 2 heterocycles. The second-order valence-electron chi connectivity index (χ2n) is 6.30. The van der Waals surface area contributed by atoms with Crippen molar-refractivity contribution < 1.29 is 8.42 Å². The molecule has 1 aliphatic rings. The number of aromatic nitrogens is 3. The quantitative estimate of drug-likeness (QED) is 0.816. The van der Waals surface area contributed by atoms with Crippen LogP contribution in [-0.2, 0) is 23.6 Å². The maximum Gasteiger partial charge on any atom is 0.345 e. The van der Waals surface area contributed by atoms with Gasteiger partial charge in [0.1, 0.15) is 5.82 Å². The average Bonchev–Trinajstić information content (AvgIpc) is 2.84. The van der Waals surface area contributed by atoms with Crippen LogP contribution >= 0.6 is 0 Å². The van der Waals surface area contributed by atoms with E-state index in [0.29, 0.717) is 25.5 Å². The highest BCUT2D eigenvalue weighted by Gasteiger charge is 2.30. The first-order chi connectivity index (χ1) is 11.4. The van der Waals surface area contributed by atoms with Gasteiger partial charge in [0.15, 0.2) is 0 Å². The van der Waals surface area contributed by atoms with E-state index in [1.807, 2.05) is 30.3 Å². The molecule has 1 unspecified atom stereocenters. The van der Waals surface area contributed by atoms with Crippen molar-refractivity contribution in [1.82, 2.24) is 18.7 Å². The molecule has 0 aliphatic carbocycles. The second-order valence-corrected chi connectivity index (χ2v) is 8.29. The van der Waals surface area contributed by atoms with Gasteiger partial charge in [-0.2, -0.15) is 5.10 Å². The largest absolute Gasteiger partial charge is 0.345 e. The molecule has 0 spiro atoms. The number of benzene rings is 1. The fourth-order valence-corrected chi connectivity index (χ4v) is 4.09. The summed E-state index contributed by atoms with van der Waals surface area (Å²) in [4.78, 5) is 12.4. The van der Waals surface area contributed by atoms with E-state index in [1.165, 1.54) is 15.2 Å².